The lowest BCUT2D eigenvalue weighted by Crippen LogP contribution is -2.37. The highest BCUT2D eigenvalue weighted by Gasteiger charge is 2.38. The Bertz CT molecular complexity index is 3820. The van der Waals surface area contributed by atoms with Crippen LogP contribution in [0.5, 0.6) is 0 Å². The molecule has 1 unspecified atom stereocenters. The molecule has 0 aromatic heterocycles. The highest BCUT2D eigenvalue weighted by molar-refractivity contribution is 8.24. The Balaban J connectivity index is 0.000000267. The Morgan fingerprint density at radius 3 is 1.54 bits per heavy atom. The Hall–Kier alpha value is -6.57. The van der Waals surface area contributed by atoms with Crippen LogP contribution in [-0.4, -0.2) is 84.5 Å². The average Bonchev–Trinajstić information content (AvgIpc) is 0.760. The number of hydrogen-bond acceptors (Lipinski definition) is 13. The summed E-state index contributed by atoms with van der Waals surface area (Å²) in [6, 6.07) is 30.6. The molecule has 1 atom stereocenters. The lowest BCUT2D eigenvalue weighted by Gasteiger charge is -2.32. The van der Waals surface area contributed by atoms with Gasteiger partial charge in [0.05, 0.1) is 59.1 Å². The molecule has 0 radical (unpaired) electrons. The first kappa shape index (κ1) is 76.9. The zero-order valence-corrected chi connectivity index (χ0v) is 56.2. The van der Waals surface area contributed by atoms with E-state index in [0.717, 1.165) is 62.9 Å². The molecular weight excluding hydrogens is 1320 g/mol. The molecule has 0 bridgehead atoms. The second-order valence-electron chi connectivity index (χ2n) is 22.1. The second kappa shape index (κ2) is 32.3. The normalized spacial score (nSPS) is 13.9. The number of hydrogen-bond donors (Lipinski definition) is 3. The van der Waals surface area contributed by atoms with E-state index in [1.807, 2.05) is 96.1 Å². The molecule has 28 heteroatoms. The number of esters is 3. The second-order valence-corrected chi connectivity index (χ2v) is 32.8. The summed E-state index contributed by atoms with van der Waals surface area (Å²) in [5, 5.41) is -0.748. The van der Waals surface area contributed by atoms with Gasteiger partial charge in [-0.05, 0) is 139 Å². The van der Waals surface area contributed by atoms with E-state index in [4.69, 9.17) is 29.0 Å². The van der Waals surface area contributed by atoms with Gasteiger partial charge < -0.3 is 24.4 Å². The van der Waals surface area contributed by atoms with Crippen LogP contribution in [0.15, 0.2) is 125 Å². The summed E-state index contributed by atoms with van der Waals surface area (Å²) in [6.07, 6.45) is -4.66. The van der Waals surface area contributed by atoms with Crippen LogP contribution < -0.4 is 10.2 Å². The molecular formula is C63H67Cl3F6N3O13P3. The Morgan fingerprint density at radius 1 is 0.626 bits per heavy atom. The summed E-state index contributed by atoms with van der Waals surface area (Å²) >= 11 is 13.8. The van der Waals surface area contributed by atoms with Gasteiger partial charge in [0, 0.05) is 58.1 Å². The van der Waals surface area contributed by atoms with Crippen molar-refractivity contribution in [2.75, 3.05) is 39.5 Å². The number of alkyl halides is 3. The largest absolute Gasteiger partial charge is 0.588 e. The minimum Gasteiger partial charge on any atom is -0.588 e. The first-order valence-corrected chi connectivity index (χ1v) is 35.6. The van der Waals surface area contributed by atoms with Gasteiger partial charge in [0.25, 0.3) is 5.91 Å². The van der Waals surface area contributed by atoms with E-state index in [9.17, 15) is 59.7 Å². The average molecular weight is 1390 g/mol. The molecule has 0 aliphatic carbocycles. The van der Waals surface area contributed by atoms with E-state index in [1.54, 1.807) is 40.7 Å². The minimum atomic E-state index is -4.78. The van der Waals surface area contributed by atoms with Crippen molar-refractivity contribution in [2.24, 2.45) is 9.98 Å². The van der Waals surface area contributed by atoms with Gasteiger partial charge in [-0.2, -0.15) is 13.2 Å². The van der Waals surface area contributed by atoms with Crippen molar-refractivity contribution in [1.29, 1.82) is 0 Å². The summed E-state index contributed by atoms with van der Waals surface area (Å²) in [5.41, 5.74) is 5.61. The molecule has 2 aliphatic heterocycles. The Kier molecular flexibility index (Phi) is 27.3. The van der Waals surface area contributed by atoms with Gasteiger partial charge in [0.2, 0.25) is 0 Å². The van der Waals surface area contributed by atoms with E-state index in [0.29, 0.717) is 29.9 Å². The van der Waals surface area contributed by atoms with Gasteiger partial charge >= 0.3 is 44.3 Å². The molecule has 0 saturated carbocycles. The van der Waals surface area contributed by atoms with Gasteiger partial charge in [-0.1, -0.05) is 119 Å². The number of halogens is 9. The lowest BCUT2D eigenvalue weighted by molar-refractivity contribution is -0.160. The molecule has 0 fully saturated rings. The standard InChI is InChI=1S/C21H21F4NO3.2C21H22FNO2.Cl3OP.H2O5P2/c1-4-29-19(28)15-10-9-13(11-17(15)22)20(2,3)12-26-18(27)14-7-5-6-8-16(14)21(23,24)25;1-5-25-20(24)16-10-15-17(11-18(16)22)21(3,4)12-23-19(15)14-9-7-6-8-13(14)2;1-5-25-20(24)15-10-11-16-17(18(15)22)19(23-12-21(16,3)4)14-9-7-6-8-13(14)2;1-5(2,3)4;1-6(2)7(3,4)5/h5-11H,4,12H2,1-3H3,(H,26,27);2*6-11H,5,12H2,1-4H3;;(H2,3,4,5). The van der Waals surface area contributed by atoms with Crippen LogP contribution in [-0.2, 0) is 50.3 Å². The topological polar surface area (TPSA) is 247 Å². The monoisotopic (exact) mass is 1390 g/mol. The van der Waals surface area contributed by atoms with E-state index < -0.39 is 84.2 Å². The smallest absolute Gasteiger partial charge is 0.561 e. The maximum Gasteiger partial charge on any atom is 0.561 e. The van der Waals surface area contributed by atoms with Crippen molar-refractivity contribution in [3.63, 3.8) is 0 Å². The number of amides is 1. The molecule has 2 heterocycles. The van der Waals surface area contributed by atoms with Crippen LogP contribution in [0.4, 0.5) is 26.3 Å². The van der Waals surface area contributed by atoms with Crippen molar-refractivity contribution < 1.29 is 88.1 Å². The van der Waals surface area contributed by atoms with Crippen LogP contribution in [0.3, 0.4) is 0 Å². The fourth-order valence-corrected chi connectivity index (χ4v) is 9.19. The zero-order valence-electron chi connectivity index (χ0n) is 51.2. The number of nitrogens with one attached hydrogen (secondary N) is 1. The molecule has 91 heavy (non-hydrogen) atoms. The van der Waals surface area contributed by atoms with E-state index in [2.05, 4.69) is 44.0 Å². The van der Waals surface area contributed by atoms with E-state index >= 15 is 4.39 Å². The number of fused-ring (bicyclic) bond motifs is 2. The number of aryl methyl sites for hydroxylation is 2. The SMILES string of the molecule is CCOC(=O)c1cc2c(cc1F)C(C)(C)CN=C2c1ccccc1C.CCOC(=O)c1ccc(C(C)(C)CNC(=O)c2ccccc2C(F)(F)F)cc1F.CCOC(=O)c1ccc2c(c1F)C(c1ccccc1C)=NCC2(C)C.O=P(Cl)(Cl)Cl.O=[P+]([O-])P(=O)(O)O. The summed E-state index contributed by atoms with van der Waals surface area (Å²) in [7, 11) is -8.36. The van der Waals surface area contributed by atoms with Crippen molar-refractivity contribution in [1.82, 2.24) is 5.32 Å². The maximum atomic E-state index is 15.4. The number of carbonyl (C=O) groups excluding carboxylic acids is 4. The molecule has 1 amide bonds. The third-order valence-electron chi connectivity index (χ3n) is 13.9. The van der Waals surface area contributed by atoms with E-state index in [1.165, 1.54) is 36.4 Å². The van der Waals surface area contributed by atoms with Gasteiger partial charge in [0.15, 0.2) is 0 Å². The predicted octanol–water partition coefficient (Wildman–Crippen LogP) is 15.6. The van der Waals surface area contributed by atoms with Crippen LogP contribution in [0, 0.1) is 31.3 Å². The highest BCUT2D eigenvalue weighted by atomic mass is 36.0. The van der Waals surface area contributed by atoms with Crippen molar-refractivity contribution in [2.45, 2.75) is 98.6 Å². The van der Waals surface area contributed by atoms with Gasteiger partial charge in [-0.15, -0.1) is 0 Å². The Labute approximate surface area is 538 Å². The third kappa shape index (κ3) is 21.2. The quantitative estimate of drug-likeness (QED) is 0.0422. The molecule has 0 saturated heterocycles. The number of aliphatic imine (C=N–C) groups is 2. The van der Waals surface area contributed by atoms with Gasteiger partial charge in [-0.25, -0.2) is 32.1 Å². The third-order valence-corrected chi connectivity index (χ3v) is 15.6. The number of rotatable bonds is 13. The molecule has 6 aromatic carbocycles. The minimum absolute atomic E-state index is 0.0421. The van der Waals surface area contributed by atoms with Crippen molar-refractivity contribution >= 4 is 89.2 Å². The van der Waals surface area contributed by atoms with E-state index in [-0.39, 0.29) is 53.9 Å². The zero-order chi connectivity index (χ0) is 68.8. The lowest BCUT2D eigenvalue weighted by atomic mass is 9.76. The summed E-state index contributed by atoms with van der Waals surface area (Å²) in [6.45, 7) is 22.2. The van der Waals surface area contributed by atoms with Crippen LogP contribution >= 0.6 is 53.9 Å². The predicted molar refractivity (Wildman–Crippen MR) is 338 cm³/mol. The molecule has 8 rings (SSSR count). The summed E-state index contributed by atoms with van der Waals surface area (Å²) in [5.74, 6) is -4.82. The molecule has 16 nitrogen and oxygen atoms in total. The van der Waals surface area contributed by atoms with Gasteiger partial charge in [-0.3, -0.25) is 29.1 Å². The first-order valence-electron chi connectivity index (χ1n) is 27.7. The van der Waals surface area contributed by atoms with Crippen molar-refractivity contribution in [3.05, 3.63) is 211 Å². The van der Waals surface area contributed by atoms with Crippen LogP contribution in [0.2, 0.25) is 0 Å². The van der Waals surface area contributed by atoms with Crippen LogP contribution in [0.1, 0.15) is 159 Å². The summed E-state index contributed by atoms with van der Waals surface area (Å²) < 4.78 is 126. The maximum absolute atomic E-state index is 15.4. The molecule has 3 N–H and O–H groups in total. The van der Waals surface area contributed by atoms with Crippen molar-refractivity contribution in [3.8, 4) is 0 Å². The molecule has 0 spiro atoms. The molecule has 490 valence electrons. The summed E-state index contributed by atoms with van der Waals surface area (Å²) in [4.78, 5) is 82.2. The van der Waals surface area contributed by atoms with Crippen LogP contribution in [0.25, 0.3) is 0 Å². The highest BCUT2D eigenvalue weighted by Crippen LogP contribution is 2.61. The Morgan fingerprint density at radius 2 is 1.05 bits per heavy atom. The van der Waals surface area contributed by atoms with Gasteiger partial charge in [0.1, 0.15) is 17.5 Å². The number of benzene rings is 6. The fraction of sp³-hybridized carbons (Fsp3) is 0.333. The number of carbonyl (C=O) groups is 4. The molecule has 6 aromatic rings. The first-order chi connectivity index (χ1) is 42.1. The fourth-order valence-electron chi connectivity index (χ4n) is 9.19. The number of ether oxygens (including phenoxy) is 3. The number of nitrogens with zero attached hydrogens (tertiary/aromatic N) is 2. The molecule has 2 aliphatic rings.